The number of azide groups is 1. The molecule has 1 aromatic rings. The van der Waals surface area contributed by atoms with E-state index >= 15 is 0 Å². The third-order valence-electron chi connectivity index (χ3n) is 1.46. The summed E-state index contributed by atoms with van der Waals surface area (Å²) in [6.45, 7) is 1.35. The van der Waals surface area contributed by atoms with Gasteiger partial charge in [-0.15, -0.1) is 0 Å². The first-order valence-electron chi connectivity index (χ1n) is 3.16. The largest absolute Gasteiger partial charge is 0.204 e. The van der Waals surface area contributed by atoms with E-state index in [0.29, 0.717) is 0 Å². The standard InChI is InChI=1S/C7H5F2N3/c1-4-6(11-12-10)3-2-5(8)7(4)9/h2-3H,1H3. The first kappa shape index (κ1) is 8.49. The van der Waals surface area contributed by atoms with E-state index < -0.39 is 11.6 Å². The Hall–Kier alpha value is -1.61. The average Bonchev–Trinajstić information content (AvgIpc) is 2.07. The van der Waals surface area contributed by atoms with Crippen molar-refractivity contribution in [2.45, 2.75) is 6.92 Å². The van der Waals surface area contributed by atoms with E-state index in [9.17, 15) is 8.78 Å². The summed E-state index contributed by atoms with van der Waals surface area (Å²) in [6, 6.07) is 2.15. The van der Waals surface area contributed by atoms with Gasteiger partial charge in [0.25, 0.3) is 0 Å². The Balaban J connectivity index is 3.35. The smallest absolute Gasteiger partial charge is 0.162 e. The van der Waals surface area contributed by atoms with Crippen LogP contribution in [0.2, 0.25) is 0 Å². The van der Waals surface area contributed by atoms with Crippen molar-refractivity contribution in [1.82, 2.24) is 0 Å². The maximum Gasteiger partial charge on any atom is 0.162 e. The summed E-state index contributed by atoms with van der Waals surface area (Å²) in [7, 11) is 0. The molecule has 0 aliphatic carbocycles. The Morgan fingerprint density at radius 1 is 1.42 bits per heavy atom. The minimum absolute atomic E-state index is 0.0211. The van der Waals surface area contributed by atoms with Crippen LogP contribution in [0, 0.1) is 18.6 Å². The van der Waals surface area contributed by atoms with Crippen molar-refractivity contribution in [3.8, 4) is 0 Å². The van der Waals surface area contributed by atoms with Crippen molar-refractivity contribution in [2.75, 3.05) is 0 Å². The molecule has 0 aliphatic heterocycles. The normalized spacial score (nSPS) is 9.25. The zero-order chi connectivity index (χ0) is 9.14. The van der Waals surface area contributed by atoms with E-state index in [1.165, 1.54) is 13.0 Å². The van der Waals surface area contributed by atoms with Gasteiger partial charge < -0.3 is 0 Å². The van der Waals surface area contributed by atoms with Crippen molar-refractivity contribution in [1.29, 1.82) is 0 Å². The summed E-state index contributed by atoms with van der Waals surface area (Å²) in [5.74, 6) is -1.91. The van der Waals surface area contributed by atoms with Crippen molar-refractivity contribution < 1.29 is 8.78 Å². The quantitative estimate of drug-likeness (QED) is 0.352. The molecule has 1 rings (SSSR count). The van der Waals surface area contributed by atoms with Crippen LogP contribution in [-0.2, 0) is 0 Å². The Morgan fingerprint density at radius 2 is 2.08 bits per heavy atom. The second-order valence-corrected chi connectivity index (χ2v) is 2.19. The van der Waals surface area contributed by atoms with Gasteiger partial charge in [0.2, 0.25) is 0 Å². The van der Waals surface area contributed by atoms with Crippen molar-refractivity contribution in [3.63, 3.8) is 0 Å². The highest BCUT2D eigenvalue weighted by Gasteiger charge is 2.07. The van der Waals surface area contributed by atoms with E-state index in [1.54, 1.807) is 0 Å². The highest BCUT2D eigenvalue weighted by molar-refractivity contribution is 5.45. The van der Waals surface area contributed by atoms with Gasteiger partial charge in [0.15, 0.2) is 11.6 Å². The lowest BCUT2D eigenvalue weighted by molar-refractivity contribution is 0.503. The van der Waals surface area contributed by atoms with E-state index in [4.69, 9.17) is 5.53 Å². The molecule has 0 aromatic heterocycles. The molecule has 0 heterocycles. The summed E-state index contributed by atoms with van der Waals surface area (Å²) in [6.07, 6.45) is 0. The molecule has 3 nitrogen and oxygen atoms in total. The second kappa shape index (κ2) is 3.19. The van der Waals surface area contributed by atoms with Crippen LogP contribution in [0.4, 0.5) is 14.5 Å². The van der Waals surface area contributed by atoms with Crippen LogP contribution in [0.15, 0.2) is 17.2 Å². The first-order chi connectivity index (χ1) is 5.66. The van der Waals surface area contributed by atoms with Crippen molar-refractivity contribution in [2.24, 2.45) is 5.11 Å². The van der Waals surface area contributed by atoms with Crippen LogP contribution in [0.1, 0.15) is 5.56 Å². The fourth-order valence-corrected chi connectivity index (χ4v) is 0.798. The molecule has 0 fully saturated rings. The molecule has 0 atom stereocenters. The SMILES string of the molecule is Cc1c(N=[N+]=[N-])ccc(F)c1F. The molecular formula is C7H5F2N3. The number of nitrogens with zero attached hydrogens (tertiary/aromatic N) is 3. The van der Waals surface area contributed by atoms with Crippen LogP contribution in [0.25, 0.3) is 10.4 Å². The molecule has 1 aromatic carbocycles. The molecule has 0 saturated carbocycles. The fraction of sp³-hybridized carbons (Fsp3) is 0.143. The molecule has 0 spiro atoms. The van der Waals surface area contributed by atoms with Gasteiger partial charge >= 0.3 is 0 Å². The van der Waals surface area contributed by atoms with E-state index in [0.717, 1.165) is 6.07 Å². The monoisotopic (exact) mass is 169 g/mol. The average molecular weight is 169 g/mol. The zero-order valence-corrected chi connectivity index (χ0v) is 6.25. The number of hydrogen-bond donors (Lipinski definition) is 0. The third-order valence-corrected chi connectivity index (χ3v) is 1.46. The summed E-state index contributed by atoms with van der Waals surface area (Å²) in [5, 5.41) is 3.18. The van der Waals surface area contributed by atoms with E-state index in [1.807, 2.05) is 0 Å². The third kappa shape index (κ3) is 1.35. The molecule has 0 bridgehead atoms. The molecule has 0 unspecified atom stereocenters. The van der Waals surface area contributed by atoms with Crippen LogP contribution in [-0.4, -0.2) is 0 Å². The van der Waals surface area contributed by atoms with Gasteiger partial charge in [-0.3, -0.25) is 0 Å². The molecule has 0 saturated heterocycles. The second-order valence-electron chi connectivity index (χ2n) is 2.19. The van der Waals surface area contributed by atoms with E-state index in [-0.39, 0.29) is 11.3 Å². The predicted molar refractivity (Wildman–Crippen MR) is 39.9 cm³/mol. The molecule has 5 heteroatoms. The van der Waals surface area contributed by atoms with Crippen molar-refractivity contribution in [3.05, 3.63) is 39.8 Å². The first-order valence-corrected chi connectivity index (χ1v) is 3.16. The summed E-state index contributed by atoms with van der Waals surface area (Å²) in [4.78, 5) is 2.47. The van der Waals surface area contributed by atoms with Crippen LogP contribution in [0.5, 0.6) is 0 Å². The van der Waals surface area contributed by atoms with Gasteiger partial charge in [0.1, 0.15) is 0 Å². The van der Waals surface area contributed by atoms with Gasteiger partial charge in [-0.2, -0.15) is 0 Å². The Bertz CT molecular complexity index is 356. The summed E-state index contributed by atoms with van der Waals surface area (Å²) >= 11 is 0. The number of benzene rings is 1. The zero-order valence-electron chi connectivity index (χ0n) is 6.25. The fourth-order valence-electron chi connectivity index (χ4n) is 0.798. The molecule has 0 aliphatic rings. The predicted octanol–water partition coefficient (Wildman–Crippen LogP) is 3.22. The molecule has 62 valence electrons. The molecule has 12 heavy (non-hydrogen) atoms. The highest BCUT2D eigenvalue weighted by Crippen LogP contribution is 2.22. The van der Waals surface area contributed by atoms with Crippen molar-refractivity contribution >= 4 is 5.69 Å². The Morgan fingerprint density at radius 3 is 2.67 bits per heavy atom. The maximum atomic E-state index is 12.8. The summed E-state index contributed by atoms with van der Waals surface area (Å²) < 4.78 is 25.2. The number of hydrogen-bond acceptors (Lipinski definition) is 1. The lowest BCUT2D eigenvalue weighted by atomic mass is 10.2. The highest BCUT2D eigenvalue weighted by atomic mass is 19.2. The minimum atomic E-state index is -0.972. The van der Waals surface area contributed by atoms with E-state index in [2.05, 4.69) is 10.0 Å². The molecular weight excluding hydrogens is 164 g/mol. The van der Waals surface area contributed by atoms with Gasteiger partial charge in [-0.1, -0.05) is 5.11 Å². The van der Waals surface area contributed by atoms with Gasteiger partial charge in [0.05, 0.1) is 0 Å². The Labute approximate surface area is 67.3 Å². The summed E-state index contributed by atoms with van der Waals surface area (Å²) in [5.41, 5.74) is 8.18. The lowest BCUT2D eigenvalue weighted by Gasteiger charge is -1.99. The molecule has 0 amide bonds. The molecule has 0 N–H and O–H groups in total. The van der Waals surface area contributed by atoms with Gasteiger partial charge in [-0.25, -0.2) is 8.78 Å². The van der Waals surface area contributed by atoms with Crippen LogP contribution in [0.3, 0.4) is 0 Å². The van der Waals surface area contributed by atoms with Gasteiger partial charge in [-0.05, 0) is 30.2 Å². The topological polar surface area (TPSA) is 48.8 Å². The molecule has 0 radical (unpaired) electrons. The number of halogens is 2. The maximum absolute atomic E-state index is 12.8. The number of rotatable bonds is 1. The van der Waals surface area contributed by atoms with Gasteiger partial charge in [0, 0.05) is 10.6 Å². The Kier molecular flexibility index (Phi) is 2.26. The minimum Gasteiger partial charge on any atom is -0.204 e. The van der Waals surface area contributed by atoms with Crippen LogP contribution >= 0.6 is 0 Å². The lowest BCUT2D eigenvalue weighted by Crippen LogP contribution is -1.87. The van der Waals surface area contributed by atoms with Crippen LogP contribution < -0.4 is 0 Å².